The Bertz CT molecular complexity index is 1210. The highest BCUT2D eigenvalue weighted by Crippen LogP contribution is 2.77. The number of ketones is 1. The number of rotatable bonds is 9. The van der Waals surface area contributed by atoms with E-state index in [1.54, 1.807) is 6.92 Å². The normalized spacial score (nSPS) is 43.5. The third kappa shape index (κ3) is 5.25. The Balaban J connectivity index is 1.51. The summed E-state index contributed by atoms with van der Waals surface area (Å²) in [6.07, 6.45) is 4.37. The number of fused-ring (bicyclic) bond motifs is 6. The Hall–Kier alpha value is -2.04. The second-order valence-electron chi connectivity index (χ2n) is 15.9. The first-order chi connectivity index (χ1) is 20.9. The number of ether oxygens (including phenoxy) is 4. The predicted molar refractivity (Wildman–Crippen MR) is 162 cm³/mol. The molecule has 1 heterocycles. The number of epoxide rings is 1. The van der Waals surface area contributed by atoms with Crippen molar-refractivity contribution in [2.24, 2.45) is 46.3 Å². The van der Waals surface area contributed by atoms with E-state index in [9.17, 15) is 29.4 Å². The van der Waals surface area contributed by atoms with Crippen molar-refractivity contribution in [2.75, 3.05) is 13.2 Å². The molecule has 5 fully saturated rings. The smallest absolute Gasteiger partial charge is 0.303 e. The van der Waals surface area contributed by atoms with Gasteiger partial charge >= 0.3 is 17.9 Å². The fraction of sp³-hybridized carbons (Fsp3) is 0.886. The summed E-state index contributed by atoms with van der Waals surface area (Å²) < 4.78 is 23.8. The van der Waals surface area contributed by atoms with Gasteiger partial charge in [-0.2, -0.15) is 0 Å². The number of hydrogen-bond acceptors (Lipinski definition) is 10. The Morgan fingerprint density at radius 2 is 1.67 bits per heavy atom. The first kappa shape index (κ1) is 34.3. The minimum absolute atomic E-state index is 0.0145. The predicted octanol–water partition coefficient (Wildman–Crippen LogP) is 4.16. The van der Waals surface area contributed by atoms with E-state index in [0.717, 1.165) is 25.7 Å². The van der Waals surface area contributed by atoms with Crippen LogP contribution in [-0.2, 0) is 38.1 Å². The molecule has 2 N–H and O–H groups in total. The van der Waals surface area contributed by atoms with E-state index in [4.69, 9.17) is 18.9 Å². The van der Waals surface area contributed by atoms with Crippen molar-refractivity contribution in [3.63, 3.8) is 0 Å². The van der Waals surface area contributed by atoms with Crippen LogP contribution in [0.15, 0.2) is 0 Å². The third-order valence-corrected chi connectivity index (χ3v) is 13.6. The zero-order chi connectivity index (χ0) is 33.3. The van der Waals surface area contributed by atoms with Crippen LogP contribution in [0.1, 0.15) is 107 Å². The second kappa shape index (κ2) is 11.6. The van der Waals surface area contributed by atoms with Crippen molar-refractivity contribution in [2.45, 2.75) is 136 Å². The molecule has 0 amide bonds. The number of carbonyl (C=O) groups excluding carboxylic acids is 4. The van der Waals surface area contributed by atoms with Crippen LogP contribution in [0.4, 0.5) is 0 Å². The van der Waals surface area contributed by atoms with Crippen LogP contribution >= 0.6 is 0 Å². The van der Waals surface area contributed by atoms with Crippen LogP contribution < -0.4 is 0 Å². The SMILES string of the molecule is CC(=O)OCC(C)(O)C(C)C(C)C(OC(C)=O)C1(C)OC12C(O)CC1C3CCC4CC(=O)CCC4(C)C3CCC12COC(C)=O. The maximum Gasteiger partial charge on any atom is 0.303 e. The standard InChI is InChI=1S/C35H54O10/c1-19(20(2)32(7,41)17-42-21(3)36)30(44-23(5)38)33(8)35(45-33)29(40)16-28-26-10-9-24-15-25(39)11-13-31(24,6)27(26)12-14-34(28,35)18-43-22(4)37/h19-20,24,26-30,40-41H,9-18H2,1-8H3. The van der Waals surface area contributed by atoms with Crippen LogP contribution in [0.3, 0.4) is 0 Å². The molecule has 0 radical (unpaired) electrons. The largest absolute Gasteiger partial charge is 0.465 e. The van der Waals surface area contributed by atoms with E-state index >= 15 is 0 Å². The molecule has 0 aromatic carbocycles. The van der Waals surface area contributed by atoms with Crippen molar-refractivity contribution in [3.05, 3.63) is 0 Å². The second-order valence-corrected chi connectivity index (χ2v) is 15.9. The van der Waals surface area contributed by atoms with E-state index < -0.39 is 64.2 Å². The van der Waals surface area contributed by atoms with Crippen LogP contribution in [-0.4, -0.2) is 76.1 Å². The molecule has 13 unspecified atom stereocenters. The van der Waals surface area contributed by atoms with E-state index in [1.807, 2.05) is 20.8 Å². The van der Waals surface area contributed by atoms with Gasteiger partial charge in [-0.15, -0.1) is 0 Å². The molecule has 0 bridgehead atoms. The minimum atomic E-state index is -1.43. The van der Waals surface area contributed by atoms with Gasteiger partial charge in [-0.1, -0.05) is 20.8 Å². The molecule has 1 spiro atoms. The van der Waals surface area contributed by atoms with Gasteiger partial charge in [0, 0.05) is 44.9 Å². The monoisotopic (exact) mass is 634 g/mol. The molecule has 0 aromatic rings. The van der Waals surface area contributed by atoms with E-state index in [1.165, 1.54) is 20.8 Å². The van der Waals surface area contributed by atoms with Crippen molar-refractivity contribution < 1.29 is 48.3 Å². The lowest BCUT2D eigenvalue weighted by molar-refractivity contribution is -0.165. The number of aliphatic hydroxyl groups excluding tert-OH is 1. The van der Waals surface area contributed by atoms with E-state index in [0.29, 0.717) is 43.3 Å². The molecular formula is C35H54O10. The van der Waals surface area contributed by atoms with Crippen LogP contribution in [0, 0.1) is 46.3 Å². The number of esters is 3. The van der Waals surface area contributed by atoms with Gasteiger partial charge in [0.15, 0.2) is 0 Å². The summed E-state index contributed by atoms with van der Waals surface area (Å²) in [5, 5.41) is 23.4. The Morgan fingerprint density at radius 1 is 1.00 bits per heavy atom. The minimum Gasteiger partial charge on any atom is -0.465 e. The van der Waals surface area contributed by atoms with Crippen LogP contribution in [0.25, 0.3) is 0 Å². The van der Waals surface area contributed by atoms with E-state index in [-0.39, 0.29) is 30.5 Å². The highest BCUT2D eigenvalue weighted by molar-refractivity contribution is 5.79. The van der Waals surface area contributed by atoms with Gasteiger partial charge in [0.25, 0.3) is 0 Å². The Morgan fingerprint density at radius 3 is 2.29 bits per heavy atom. The molecular weight excluding hydrogens is 580 g/mol. The molecule has 13 atom stereocenters. The molecule has 5 rings (SSSR count). The fourth-order valence-electron chi connectivity index (χ4n) is 11.1. The van der Waals surface area contributed by atoms with Crippen molar-refractivity contribution in [3.8, 4) is 0 Å². The molecule has 10 nitrogen and oxygen atoms in total. The average molecular weight is 635 g/mol. The summed E-state index contributed by atoms with van der Waals surface area (Å²) in [5.41, 5.74) is -4.36. The topological polar surface area (TPSA) is 149 Å². The van der Waals surface area contributed by atoms with Crippen LogP contribution in [0.2, 0.25) is 0 Å². The molecule has 10 heteroatoms. The summed E-state index contributed by atoms with van der Waals surface area (Å²) >= 11 is 0. The lowest BCUT2D eigenvalue weighted by Crippen LogP contribution is -2.60. The lowest BCUT2D eigenvalue weighted by atomic mass is 9.44. The molecule has 4 aliphatic carbocycles. The van der Waals surface area contributed by atoms with Gasteiger partial charge in [-0.3, -0.25) is 19.2 Å². The third-order valence-electron chi connectivity index (χ3n) is 13.6. The number of aliphatic hydroxyl groups is 2. The summed E-state index contributed by atoms with van der Waals surface area (Å²) in [5.74, 6) is -0.958. The summed E-state index contributed by atoms with van der Waals surface area (Å²) in [6, 6.07) is 0. The van der Waals surface area contributed by atoms with E-state index in [2.05, 4.69) is 6.92 Å². The Labute approximate surface area is 267 Å². The van der Waals surface area contributed by atoms with Gasteiger partial charge in [-0.05, 0) is 87.4 Å². The molecule has 5 aliphatic rings. The first-order valence-electron chi connectivity index (χ1n) is 16.9. The van der Waals surface area contributed by atoms with Crippen LogP contribution in [0.5, 0.6) is 0 Å². The zero-order valence-corrected chi connectivity index (χ0v) is 28.4. The zero-order valence-electron chi connectivity index (χ0n) is 28.4. The number of hydrogen-bond donors (Lipinski definition) is 2. The van der Waals surface area contributed by atoms with Crippen molar-refractivity contribution >= 4 is 23.7 Å². The quantitative estimate of drug-likeness (QED) is 0.215. The molecule has 0 aromatic heterocycles. The first-order valence-corrected chi connectivity index (χ1v) is 16.9. The Kier molecular flexibility index (Phi) is 8.83. The summed E-state index contributed by atoms with van der Waals surface area (Å²) in [7, 11) is 0. The molecule has 254 valence electrons. The van der Waals surface area contributed by atoms with Gasteiger partial charge in [0.05, 0.1) is 11.7 Å². The highest BCUT2D eigenvalue weighted by atomic mass is 16.7. The van der Waals surface area contributed by atoms with Gasteiger partial charge < -0.3 is 29.2 Å². The molecule has 4 saturated carbocycles. The molecule has 1 aliphatic heterocycles. The van der Waals surface area contributed by atoms with Gasteiger partial charge in [0.1, 0.15) is 36.3 Å². The van der Waals surface area contributed by atoms with Crippen molar-refractivity contribution in [1.29, 1.82) is 0 Å². The fourth-order valence-corrected chi connectivity index (χ4v) is 11.1. The maximum atomic E-state index is 12.6. The number of Topliss-reactive ketones (excluding diaryl/α,β-unsaturated/α-hetero) is 1. The van der Waals surface area contributed by atoms with Gasteiger partial charge in [0.2, 0.25) is 0 Å². The summed E-state index contributed by atoms with van der Waals surface area (Å²) in [4.78, 5) is 48.8. The summed E-state index contributed by atoms with van der Waals surface area (Å²) in [6.45, 7) is 13.4. The van der Waals surface area contributed by atoms with Gasteiger partial charge in [-0.25, -0.2) is 0 Å². The molecule has 45 heavy (non-hydrogen) atoms. The maximum absolute atomic E-state index is 12.6. The van der Waals surface area contributed by atoms with Crippen molar-refractivity contribution in [1.82, 2.24) is 0 Å². The highest BCUT2D eigenvalue weighted by Gasteiger charge is 2.88. The average Bonchev–Trinajstić information content (AvgIpc) is 3.53. The molecule has 1 saturated heterocycles. The number of carbonyl (C=O) groups is 4. The lowest BCUT2D eigenvalue weighted by Gasteiger charge is -2.60.